The molecule has 7 nitrogen and oxygen atoms in total. The third kappa shape index (κ3) is 5.83. The molecule has 1 fully saturated rings. The Morgan fingerprint density at radius 2 is 2.03 bits per heavy atom. The van der Waals surface area contributed by atoms with Gasteiger partial charge in [-0.05, 0) is 56.0 Å². The number of hydrogen-bond donors (Lipinski definition) is 2. The predicted octanol–water partition coefficient (Wildman–Crippen LogP) is 4.71. The average molecular weight is 453 g/mol. The summed E-state index contributed by atoms with van der Waals surface area (Å²) in [6.07, 6.45) is 4.20. The van der Waals surface area contributed by atoms with Crippen LogP contribution in [0.15, 0.2) is 46.4 Å². The molecule has 4 rings (SSSR count). The highest BCUT2D eigenvalue weighted by molar-refractivity contribution is 7.14. The molecule has 32 heavy (non-hydrogen) atoms. The number of benzene rings is 1. The van der Waals surface area contributed by atoms with E-state index in [9.17, 15) is 9.59 Å². The fourth-order valence-corrected chi connectivity index (χ4v) is 4.69. The van der Waals surface area contributed by atoms with Crippen LogP contribution in [0.1, 0.15) is 47.1 Å². The Balaban J connectivity index is 1.26. The van der Waals surface area contributed by atoms with Gasteiger partial charge in [0, 0.05) is 24.2 Å². The van der Waals surface area contributed by atoms with Gasteiger partial charge in [0.25, 0.3) is 5.91 Å². The van der Waals surface area contributed by atoms with Crippen LogP contribution in [0.3, 0.4) is 0 Å². The van der Waals surface area contributed by atoms with Crippen LogP contribution in [-0.2, 0) is 17.8 Å². The number of nitrogens with zero attached hydrogens (tertiary/aromatic N) is 2. The Labute approximate surface area is 191 Å². The van der Waals surface area contributed by atoms with E-state index in [0.29, 0.717) is 22.1 Å². The van der Waals surface area contributed by atoms with E-state index in [-0.39, 0.29) is 18.2 Å². The molecule has 3 heterocycles. The van der Waals surface area contributed by atoms with Gasteiger partial charge in [0.1, 0.15) is 5.76 Å². The monoisotopic (exact) mass is 452 g/mol. The number of amides is 2. The summed E-state index contributed by atoms with van der Waals surface area (Å²) in [5.41, 5.74) is 3.11. The summed E-state index contributed by atoms with van der Waals surface area (Å²) >= 11 is 1.29. The zero-order chi connectivity index (χ0) is 22.5. The number of aromatic nitrogens is 1. The van der Waals surface area contributed by atoms with E-state index in [1.165, 1.54) is 36.0 Å². The zero-order valence-corrected chi connectivity index (χ0v) is 19.2. The maximum Gasteiger partial charge on any atom is 0.260 e. The topological polar surface area (TPSA) is 87.5 Å². The maximum atomic E-state index is 12.4. The van der Waals surface area contributed by atoms with Crippen molar-refractivity contribution < 1.29 is 14.0 Å². The number of nitrogens with one attached hydrogen (secondary N) is 2. The van der Waals surface area contributed by atoms with E-state index >= 15 is 0 Å². The third-order valence-electron chi connectivity index (χ3n) is 5.60. The number of carbonyl (C=O) groups excluding carboxylic acids is 2. The van der Waals surface area contributed by atoms with Crippen molar-refractivity contribution >= 4 is 34.0 Å². The first-order chi connectivity index (χ1) is 15.5. The molecule has 1 aliphatic rings. The van der Waals surface area contributed by atoms with Crippen LogP contribution in [0, 0.1) is 12.8 Å². The van der Waals surface area contributed by atoms with Crippen LogP contribution in [0.4, 0.5) is 10.8 Å². The summed E-state index contributed by atoms with van der Waals surface area (Å²) < 4.78 is 5.15. The standard InChI is InChI=1S/C24H28N4O3S/c1-16-4-3-10-28(13-16)14-18-5-7-19(8-6-18)25-22(29)12-20-15-32-24(26-20)27-23(30)21-9-11-31-17(21)2/h5-9,11,15-16H,3-4,10,12-14H2,1-2H3,(H,25,29)(H,26,27,30). The van der Waals surface area contributed by atoms with Crippen LogP contribution in [0.2, 0.25) is 0 Å². The first-order valence-electron chi connectivity index (χ1n) is 10.9. The molecule has 168 valence electrons. The lowest BCUT2D eigenvalue weighted by Gasteiger charge is -2.30. The summed E-state index contributed by atoms with van der Waals surface area (Å²) in [7, 11) is 0. The molecule has 0 radical (unpaired) electrons. The number of piperidine rings is 1. The summed E-state index contributed by atoms with van der Waals surface area (Å²) in [5.74, 6) is 0.893. The Bertz CT molecular complexity index is 1070. The first kappa shape index (κ1) is 22.2. The lowest BCUT2D eigenvalue weighted by Crippen LogP contribution is -2.33. The van der Waals surface area contributed by atoms with Crippen molar-refractivity contribution in [2.75, 3.05) is 23.7 Å². The lowest BCUT2D eigenvalue weighted by molar-refractivity contribution is -0.115. The highest BCUT2D eigenvalue weighted by Gasteiger charge is 2.17. The molecule has 1 saturated heterocycles. The second kappa shape index (κ2) is 10.1. The van der Waals surface area contributed by atoms with Crippen molar-refractivity contribution in [1.29, 1.82) is 0 Å². The SMILES string of the molecule is Cc1occc1C(=O)Nc1nc(CC(=O)Nc2ccc(CN3CCCC(C)C3)cc2)cs1. The molecule has 0 saturated carbocycles. The number of aryl methyl sites for hydroxylation is 1. The Morgan fingerprint density at radius 3 is 2.75 bits per heavy atom. The number of rotatable bonds is 7. The van der Waals surface area contributed by atoms with Gasteiger partial charge in [-0.3, -0.25) is 19.8 Å². The van der Waals surface area contributed by atoms with Crippen LogP contribution in [-0.4, -0.2) is 34.8 Å². The van der Waals surface area contributed by atoms with Gasteiger partial charge < -0.3 is 9.73 Å². The summed E-state index contributed by atoms with van der Waals surface area (Å²) in [4.78, 5) is 31.5. The van der Waals surface area contributed by atoms with E-state index in [1.807, 2.05) is 12.1 Å². The number of thiazole rings is 1. The van der Waals surface area contributed by atoms with Crippen LogP contribution in [0.25, 0.3) is 0 Å². The van der Waals surface area contributed by atoms with Crippen molar-refractivity contribution in [3.8, 4) is 0 Å². The van der Waals surface area contributed by atoms with Crippen LogP contribution in [0.5, 0.6) is 0 Å². The van der Waals surface area contributed by atoms with Gasteiger partial charge in [-0.25, -0.2) is 4.98 Å². The number of hydrogen-bond acceptors (Lipinski definition) is 6. The fourth-order valence-electron chi connectivity index (χ4n) is 3.98. The quantitative estimate of drug-likeness (QED) is 0.542. The first-order valence-corrected chi connectivity index (χ1v) is 11.8. The minimum absolute atomic E-state index is 0.142. The van der Waals surface area contributed by atoms with Gasteiger partial charge in [0.2, 0.25) is 5.91 Å². The molecule has 8 heteroatoms. The minimum atomic E-state index is -0.277. The molecule has 1 aromatic carbocycles. The molecule has 2 amide bonds. The Morgan fingerprint density at radius 1 is 1.22 bits per heavy atom. The maximum absolute atomic E-state index is 12.4. The van der Waals surface area contributed by atoms with Crippen molar-refractivity contribution in [2.24, 2.45) is 5.92 Å². The largest absolute Gasteiger partial charge is 0.469 e. The molecule has 3 aromatic rings. The average Bonchev–Trinajstić information content (AvgIpc) is 3.38. The Hall–Kier alpha value is -2.97. The zero-order valence-electron chi connectivity index (χ0n) is 18.4. The number of furan rings is 1. The summed E-state index contributed by atoms with van der Waals surface area (Å²) in [5, 5.41) is 7.90. The molecule has 2 N–H and O–H groups in total. The molecule has 1 aliphatic heterocycles. The molecule has 0 aliphatic carbocycles. The van der Waals surface area contributed by atoms with E-state index in [0.717, 1.165) is 31.2 Å². The molecular weight excluding hydrogens is 424 g/mol. The van der Waals surface area contributed by atoms with Gasteiger partial charge in [0.15, 0.2) is 5.13 Å². The molecule has 1 unspecified atom stereocenters. The lowest BCUT2D eigenvalue weighted by atomic mass is 10.00. The molecule has 0 spiro atoms. The van der Waals surface area contributed by atoms with Crippen molar-refractivity contribution in [3.05, 3.63) is 64.6 Å². The number of likely N-dealkylation sites (tertiary alicyclic amines) is 1. The van der Waals surface area contributed by atoms with E-state index in [1.54, 1.807) is 18.4 Å². The van der Waals surface area contributed by atoms with Crippen molar-refractivity contribution in [3.63, 3.8) is 0 Å². The highest BCUT2D eigenvalue weighted by atomic mass is 32.1. The van der Waals surface area contributed by atoms with Crippen molar-refractivity contribution in [2.45, 2.75) is 39.7 Å². The predicted molar refractivity (Wildman–Crippen MR) is 126 cm³/mol. The van der Waals surface area contributed by atoms with E-state index < -0.39 is 0 Å². The van der Waals surface area contributed by atoms with Crippen LogP contribution < -0.4 is 10.6 Å². The van der Waals surface area contributed by atoms with Gasteiger partial charge in [-0.15, -0.1) is 11.3 Å². The number of carbonyl (C=O) groups is 2. The number of anilines is 2. The molecular formula is C24H28N4O3S. The summed E-state index contributed by atoms with van der Waals surface area (Å²) in [6.45, 7) is 7.29. The second-order valence-electron chi connectivity index (χ2n) is 8.39. The highest BCUT2D eigenvalue weighted by Crippen LogP contribution is 2.20. The normalized spacial score (nSPS) is 16.6. The van der Waals surface area contributed by atoms with Crippen molar-refractivity contribution in [1.82, 2.24) is 9.88 Å². The smallest absolute Gasteiger partial charge is 0.260 e. The van der Waals surface area contributed by atoms with E-state index in [2.05, 4.69) is 39.6 Å². The van der Waals surface area contributed by atoms with E-state index in [4.69, 9.17) is 4.42 Å². The van der Waals surface area contributed by atoms with Gasteiger partial charge >= 0.3 is 0 Å². The van der Waals surface area contributed by atoms with Gasteiger partial charge in [-0.2, -0.15) is 0 Å². The molecule has 2 aromatic heterocycles. The van der Waals surface area contributed by atoms with Gasteiger partial charge in [-0.1, -0.05) is 19.1 Å². The third-order valence-corrected chi connectivity index (χ3v) is 6.41. The second-order valence-corrected chi connectivity index (χ2v) is 9.25. The molecule has 1 atom stereocenters. The summed E-state index contributed by atoms with van der Waals surface area (Å²) in [6, 6.07) is 9.65. The Kier molecular flexibility index (Phi) is 7.02. The minimum Gasteiger partial charge on any atom is -0.469 e. The molecule has 0 bridgehead atoms. The fraction of sp³-hybridized carbons (Fsp3) is 0.375. The van der Waals surface area contributed by atoms with Crippen LogP contribution >= 0.6 is 11.3 Å². The van der Waals surface area contributed by atoms with Gasteiger partial charge in [0.05, 0.1) is 23.9 Å².